The lowest BCUT2D eigenvalue weighted by molar-refractivity contribution is -0.103. The lowest BCUT2D eigenvalue weighted by atomic mass is 9.44. The van der Waals surface area contributed by atoms with Crippen molar-refractivity contribution >= 4 is 16.3 Å². The minimum Gasteiger partial charge on any atom is -0.264 e. The predicted molar refractivity (Wildman–Crippen MR) is 161 cm³/mol. The van der Waals surface area contributed by atoms with Crippen LogP contribution in [-0.4, -0.2) is 20.0 Å². The van der Waals surface area contributed by atoms with E-state index in [-0.39, 0.29) is 0 Å². The first-order valence-corrected chi connectivity index (χ1v) is 15.5. The summed E-state index contributed by atoms with van der Waals surface area (Å²) in [7, 11) is 0. The van der Waals surface area contributed by atoms with Gasteiger partial charge < -0.3 is 0 Å². The first-order valence-electron chi connectivity index (χ1n) is 15.5. The minimum absolute atomic E-state index is 0.318. The molecule has 0 amide bonds. The fourth-order valence-electron chi connectivity index (χ4n) is 9.16. The summed E-state index contributed by atoms with van der Waals surface area (Å²) in [6, 6.07) is 9.70. The minimum atomic E-state index is 0.318. The highest BCUT2D eigenvalue weighted by atomic mass is 15.4. The van der Waals surface area contributed by atoms with Crippen molar-refractivity contribution in [1.29, 1.82) is 0 Å². The van der Waals surface area contributed by atoms with Crippen LogP contribution in [0.25, 0.3) is 16.3 Å². The van der Waals surface area contributed by atoms with E-state index >= 15 is 0 Å². The molecule has 7 atom stereocenters. The largest absolute Gasteiger partial charge is 0.264 e. The third-order valence-electron chi connectivity index (χ3n) is 11.0. The SMILES string of the molecule is CC(C)(C)C.C[C@]12CC[C@H](n3ccnn3)C[C@@H]1CC[C@@H]1[C@@H]2CC[C@]2(C)C(c3ccc4ccncc4c3)=CC[C@@H]12. The Balaban J connectivity index is 0.000000510. The van der Waals surface area contributed by atoms with Gasteiger partial charge >= 0.3 is 0 Å². The molecule has 2 aromatic heterocycles. The van der Waals surface area contributed by atoms with Gasteiger partial charge in [0.25, 0.3) is 0 Å². The van der Waals surface area contributed by atoms with Crippen molar-refractivity contribution in [2.75, 3.05) is 0 Å². The van der Waals surface area contributed by atoms with Gasteiger partial charge in [-0.15, -0.1) is 5.10 Å². The van der Waals surface area contributed by atoms with Gasteiger partial charge in [0.15, 0.2) is 0 Å². The Kier molecular flexibility index (Phi) is 6.75. The van der Waals surface area contributed by atoms with E-state index in [4.69, 9.17) is 0 Å². The summed E-state index contributed by atoms with van der Waals surface area (Å²) in [4.78, 5) is 4.37. The molecule has 0 radical (unpaired) electrons. The number of nitrogens with zero attached hydrogens (tertiary/aromatic N) is 4. The first kappa shape index (κ1) is 26.7. The molecule has 4 nitrogen and oxygen atoms in total. The Bertz CT molecular complexity index is 1330. The second-order valence-electron chi connectivity index (χ2n) is 15.2. The Morgan fingerprint density at radius 2 is 1.72 bits per heavy atom. The van der Waals surface area contributed by atoms with E-state index in [1.807, 2.05) is 18.6 Å². The van der Waals surface area contributed by atoms with Crippen molar-refractivity contribution in [1.82, 2.24) is 20.0 Å². The summed E-state index contributed by atoms with van der Waals surface area (Å²) in [5.41, 5.74) is 4.36. The molecule has 0 aliphatic heterocycles. The fourth-order valence-corrected chi connectivity index (χ4v) is 9.16. The van der Waals surface area contributed by atoms with Crippen LogP contribution in [0.2, 0.25) is 0 Å². The second kappa shape index (κ2) is 9.85. The van der Waals surface area contributed by atoms with Crippen LogP contribution < -0.4 is 0 Å². The molecule has 0 unspecified atom stereocenters. The molecular weight excluding hydrogens is 476 g/mol. The smallest absolute Gasteiger partial charge is 0.0693 e. The summed E-state index contributed by atoms with van der Waals surface area (Å²) in [5, 5.41) is 11.0. The lowest BCUT2D eigenvalue weighted by Gasteiger charge is -2.61. The van der Waals surface area contributed by atoms with Crippen LogP contribution in [0.5, 0.6) is 0 Å². The van der Waals surface area contributed by atoms with E-state index < -0.39 is 0 Å². The second-order valence-corrected chi connectivity index (χ2v) is 15.2. The molecule has 0 N–H and O–H groups in total. The fraction of sp³-hybridized carbons (Fsp3) is 0.629. The molecule has 0 bridgehead atoms. The Hall–Kier alpha value is -2.49. The lowest BCUT2D eigenvalue weighted by Crippen LogP contribution is -2.53. The van der Waals surface area contributed by atoms with Crippen LogP contribution in [0, 0.1) is 39.9 Å². The van der Waals surface area contributed by atoms with E-state index in [9.17, 15) is 0 Å². The molecule has 1 aromatic carbocycles. The molecule has 2 heterocycles. The van der Waals surface area contributed by atoms with Crippen LogP contribution in [-0.2, 0) is 0 Å². The average molecular weight is 525 g/mol. The van der Waals surface area contributed by atoms with E-state index in [0.29, 0.717) is 22.3 Å². The maximum absolute atomic E-state index is 4.37. The van der Waals surface area contributed by atoms with E-state index in [1.54, 1.807) is 5.57 Å². The monoisotopic (exact) mass is 524 g/mol. The van der Waals surface area contributed by atoms with Crippen LogP contribution in [0.1, 0.15) is 105 Å². The third kappa shape index (κ3) is 4.87. The molecule has 39 heavy (non-hydrogen) atoms. The summed E-state index contributed by atoms with van der Waals surface area (Å²) in [6.07, 6.45) is 21.1. The van der Waals surface area contributed by atoms with Gasteiger partial charge in [0.2, 0.25) is 0 Å². The number of pyridine rings is 1. The zero-order chi connectivity index (χ0) is 27.4. The molecule has 208 valence electrons. The normalized spacial score (nSPS) is 35.7. The Morgan fingerprint density at radius 1 is 0.897 bits per heavy atom. The summed E-state index contributed by atoms with van der Waals surface area (Å²) >= 11 is 0. The molecule has 7 rings (SSSR count). The number of hydrogen-bond donors (Lipinski definition) is 0. The molecular formula is C35H48N4. The van der Waals surface area contributed by atoms with Crippen molar-refractivity contribution in [3.05, 3.63) is 60.7 Å². The van der Waals surface area contributed by atoms with Gasteiger partial charge in [-0.2, -0.15) is 0 Å². The van der Waals surface area contributed by atoms with Gasteiger partial charge in [-0.3, -0.25) is 4.98 Å². The van der Waals surface area contributed by atoms with Gasteiger partial charge in [0, 0.05) is 24.0 Å². The van der Waals surface area contributed by atoms with Crippen molar-refractivity contribution in [2.45, 2.75) is 99.0 Å². The summed E-state index contributed by atoms with van der Waals surface area (Å²) < 4.78 is 2.13. The molecule has 4 heteroatoms. The summed E-state index contributed by atoms with van der Waals surface area (Å²) in [5.74, 6) is 3.40. The standard InChI is InChI=1S/C30H36N4.C5H12/c1-29-12-9-24(34-16-15-32-33-34)18-23(29)5-6-25-27-8-7-26(30(27,2)13-10-28(25)29)21-4-3-20-11-14-31-19-22(20)17-21;1-5(2,3)4/h3-4,7,11,14-17,19,23-25,27-28H,5-6,8-10,12-13,18H2,1-2H3;1-4H3/t23-,24-,25-,27-,28-,29-,30+;/m0./s1. The molecule has 0 saturated heterocycles. The zero-order valence-corrected chi connectivity index (χ0v) is 25.0. The number of hydrogen-bond acceptors (Lipinski definition) is 3. The van der Waals surface area contributed by atoms with E-state index in [1.165, 1.54) is 67.7 Å². The van der Waals surface area contributed by atoms with Crippen LogP contribution in [0.3, 0.4) is 0 Å². The molecule has 4 aliphatic rings. The molecule has 3 fully saturated rings. The molecule has 0 spiro atoms. The highest BCUT2D eigenvalue weighted by Gasteiger charge is 2.58. The topological polar surface area (TPSA) is 43.6 Å². The maximum atomic E-state index is 4.37. The van der Waals surface area contributed by atoms with Crippen LogP contribution in [0.4, 0.5) is 0 Å². The van der Waals surface area contributed by atoms with Gasteiger partial charge in [-0.25, -0.2) is 4.68 Å². The van der Waals surface area contributed by atoms with Crippen LogP contribution >= 0.6 is 0 Å². The van der Waals surface area contributed by atoms with Crippen molar-refractivity contribution in [2.24, 2.45) is 39.9 Å². The van der Waals surface area contributed by atoms with E-state index in [2.05, 4.69) is 98.1 Å². The highest BCUT2D eigenvalue weighted by Crippen LogP contribution is 2.68. The van der Waals surface area contributed by atoms with E-state index in [0.717, 1.165) is 23.7 Å². The molecule has 3 aromatic rings. The quantitative estimate of drug-likeness (QED) is 0.336. The van der Waals surface area contributed by atoms with Gasteiger partial charge in [0.1, 0.15) is 0 Å². The maximum Gasteiger partial charge on any atom is 0.0693 e. The predicted octanol–water partition coefficient (Wildman–Crippen LogP) is 9.16. The molecule has 4 aliphatic carbocycles. The van der Waals surface area contributed by atoms with Gasteiger partial charge in [-0.05, 0) is 120 Å². The first-order chi connectivity index (χ1) is 18.6. The number of rotatable bonds is 2. The molecule has 3 saturated carbocycles. The number of aromatic nitrogens is 4. The highest BCUT2D eigenvalue weighted by molar-refractivity contribution is 5.86. The zero-order valence-electron chi connectivity index (χ0n) is 25.0. The van der Waals surface area contributed by atoms with Crippen LogP contribution in [0.15, 0.2) is 55.1 Å². The van der Waals surface area contributed by atoms with Crippen molar-refractivity contribution in [3.63, 3.8) is 0 Å². The average Bonchev–Trinajstić information content (AvgIpc) is 3.55. The Morgan fingerprint density at radius 3 is 2.49 bits per heavy atom. The number of allylic oxidation sites excluding steroid dienone is 2. The van der Waals surface area contributed by atoms with Gasteiger partial charge in [0.05, 0.1) is 12.2 Å². The number of fused-ring (bicyclic) bond motifs is 6. The van der Waals surface area contributed by atoms with Crippen molar-refractivity contribution < 1.29 is 0 Å². The van der Waals surface area contributed by atoms with Crippen molar-refractivity contribution in [3.8, 4) is 0 Å². The van der Waals surface area contributed by atoms with Gasteiger partial charge in [-0.1, -0.05) is 65.0 Å². The summed E-state index contributed by atoms with van der Waals surface area (Å²) in [6.45, 7) is 14.0. The Labute approximate surface area is 235 Å². The third-order valence-corrected chi connectivity index (χ3v) is 11.0. The number of benzene rings is 1.